The number of carboxylic acids is 1. The Hall–Kier alpha value is -1.59. The molecule has 0 aliphatic carbocycles. The Bertz CT molecular complexity index is 836. The molecule has 0 saturated carbocycles. The fourth-order valence-electron chi connectivity index (χ4n) is 4.64. The van der Waals surface area contributed by atoms with Crippen LogP contribution < -0.4 is 11.1 Å². The first-order valence-corrected chi connectivity index (χ1v) is 9.85. The van der Waals surface area contributed by atoms with Crippen LogP contribution in [0, 0.1) is 0 Å². The second-order valence-electron chi connectivity index (χ2n) is 7.16. The lowest BCUT2D eigenvalue weighted by Crippen LogP contribution is -2.60. The van der Waals surface area contributed by atoms with Crippen LogP contribution in [0.1, 0.15) is 43.7 Å². The van der Waals surface area contributed by atoms with Crippen molar-refractivity contribution in [2.24, 2.45) is 5.73 Å². The van der Waals surface area contributed by atoms with Crippen LogP contribution in [-0.4, -0.2) is 22.7 Å². The van der Waals surface area contributed by atoms with Gasteiger partial charge >= 0.3 is 5.97 Å². The number of nitrogens with one attached hydrogen (secondary N) is 1. The van der Waals surface area contributed by atoms with Gasteiger partial charge in [-0.05, 0) is 48.2 Å². The SMILES string of the molecule is CCC1(CC)N[C@@H](C(=O)O)[C@H](c2cccc(Cl)c2)[C@@]1(N)c1ccc(Cl)cc1. The summed E-state index contributed by atoms with van der Waals surface area (Å²) in [5, 5.41) is 14.5. The zero-order valence-electron chi connectivity index (χ0n) is 15.4. The van der Waals surface area contributed by atoms with Crippen LogP contribution in [0.15, 0.2) is 48.5 Å². The summed E-state index contributed by atoms with van der Waals surface area (Å²) < 4.78 is 0. The van der Waals surface area contributed by atoms with E-state index in [-0.39, 0.29) is 0 Å². The van der Waals surface area contributed by atoms with Gasteiger partial charge in [0.1, 0.15) is 6.04 Å². The van der Waals surface area contributed by atoms with Gasteiger partial charge in [-0.2, -0.15) is 0 Å². The van der Waals surface area contributed by atoms with Crippen molar-refractivity contribution in [1.29, 1.82) is 0 Å². The quantitative estimate of drug-likeness (QED) is 0.680. The summed E-state index contributed by atoms with van der Waals surface area (Å²) in [6.07, 6.45) is 1.37. The van der Waals surface area contributed by atoms with E-state index in [1.54, 1.807) is 18.2 Å². The number of halogens is 2. The molecule has 6 heteroatoms. The molecule has 0 bridgehead atoms. The van der Waals surface area contributed by atoms with Crippen LogP contribution in [0.5, 0.6) is 0 Å². The maximum Gasteiger partial charge on any atom is 0.321 e. The third-order valence-electron chi connectivity index (χ3n) is 6.05. The van der Waals surface area contributed by atoms with Crippen LogP contribution >= 0.6 is 23.2 Å². The van der Waals surface area contributed by atoms with Gasteiger partial charge in [-0.25, -0.2) is 0 Å². The van der Waals surface area contributed by atoms with Gasteiger partial charge in [-0.1, -0.05) is 61.3 Å². The molecule has 1 aliphatic heterocycles. The first kappa shape index (κ1) is 20.2. The lowest BCUT2D eigenvalue weighted by Gasteiger charge is -2.45. The van der Waals surface area contributed by atoms with Crippen molar-refractivity contribution < 1.29 is 9.90 Å². The third-order valence-corrected chi connectivity index (χ3v) is 6.54. The van der Waals surface area contributed by atoms with E-state index in [1.165, 1.54) is 0 Å². The second kappa shape index (κ2) is 7.44. The molecule has 3 rings (SSSR count). The molecule has 3 atom stereocenters. The van der Waals surface area contributed by atoms with Crippen molar-refractivity contribution in [2.75, 3.05) is 0 Å². The average Bonchev–Trinajstić information content (AvgIpc) is 2.92. The van der Waals surface area contributed by atoms with E-state index in [0.29, 0.717) is 22.9 Å². The molecule has 144 valence electrons. The molecule has 0 spiro atoms. The summed E-state index contributed by atoms with van der Waals surface area (Å²) in [4.78, 5) is 12.2. The highest BCUT2D eigenvalue weighted by atomic mass is 35.5. The topological polar surface area (TPSA) is 75.3 Å². The number of carbonyl (C=O) groups is 1. The van der Waals surface area contributed by atoms with Gasteiger partial charge in [0, 0.05) is 21.5 Å². The lowest BCUT2D eigenvalue weighted by atomic mass is 9.64. The summed E-state index contributed by atoms with van der Waals surface area (Å²) in [7, 11) is 0. The molecule has 1 heterocycles. The number of benzene rings is 2. The third kappa shape index (κ3) is 3.15. The van der Waals surface area contributed by atoms with E-state index in [4.69, 9.17) is 28.9 Å². The molecular formula is C21H24Cl2N2O2. The van der Waals surface area contributed by atoms with Crippen molar-refractivity contribution in [2.45, 2.75) is 49.7 Å². The lowest BCUT2D eigenvalue weighted by molar-refractivity contribution is -0.139. The van der Waals surface area contributed by atoms with Crippen LogP contribution in [0.25, 0.3) is 0 Å². The largest absolute Gasteiger partial charge is 0.480 e. The molecule has 0 aromatic heterocycles. The van der Waals surface area contributed by atoms with Gasteiger partial charge in [0.15, 0.2) is 0 Å². The summed E-state index contributed by atoms with van der Waals surface area (Å²) in [6.45, 7) is 4.07. The summed E-state index contributed by atoms with van der Waals surface area (Å²) in [6, 6.07) is 13.9. The zero-order valence-corrected chi connectivity index (χ0v) is 16.9. The molecule has 0 radical (unpaired) electrons. The monoisotopic (exact) mass is 406 g/mol. The maximum absolute atomic E-state index is 12.2. The highest BCUT2D eigenvalue weighted by Crippen LogP contribution is 2.53. The fraction of sp³-hybridized carbons (Fsp3) is 0.381. The van der Waals surface area contributed by atoms with Gasteiger partial charge in [-0.15, -0.1) is 0 Å². The Morgan fingerprint density at radius 1 is 1.11 bits per heavy atom. The molecule has 27 heavy (non-hydrogen) atoms. The molecule has 0 amide bonds. The predicted octanol–water partition coefficient (Wildman–Crippen LogP) is 4.55. The Morgan fingerprint density at radius 3 is 2.26 bits per heavy atom. The van der Waals surface area contributed by atoms with E-state index in [2.05, 4.69) is 5.32 Å². The van der Waals surface area contributed by atoms with E-state index in [9.17, 15) is 9.90 Å². The smallest absolute Gasteiger partial charge is 0.321 e. The summed E-state index contributed by atoms with van der Waals surface area (Å²) in [5.74, 6) is -1.41. The molecule has 1 aliphatic rings. The molecule has 2 aromatic rings. The van der Waals surface area contributed by atoms with Crippen LogP contribution in [0.4, 0.5) is 0 Å². The van der Waals surface area contributed by atoms with Crippen molar-refractivity contribution in [3.8, 4) is 0 Å². The minimum Gasteiger partial charge on any atom is -0.480 e. The van der Waals surface area contributed by atoms with E-state index >= 15 is 0 Å². The number of rotatable bonds is 5. The second-order valence-corrected chi connectivity index (χ2v) is 8.03. The number of nitrogens with two attached hydrogens (primary N) is 1. The molecule has 4 nitrogen and oxygen atoms in total. The molecule has 2 aromatic carbocycles. The number of hydrogen-bond donors (Lipinski definition) is 3. The normalized spacial score (nSPS) is 26.9. The maximum atomic E-state index is 12.2. The molecular weight excluding hydrogens is 383 g/mol. The highest BCUT2D eigenvalue weighted by molar-refractivity contribution is 6.30. The standard InChI is InChI=1S/C21H24Cl2N2O2/c1-3-20(4-2)21(24,14-8-10-15(22)11-9-14)17(18(25-20)19(26)27)13-6-5-7-16(23)12-13/h5-12,17-18,25H,3-4,24H2,1-2H3,(H,26,27)/t17-,18+,21-/m0/s1. The first-order valence-electron chi connectivity index (χ1n) is 9.10. The number of carboxylic acid groups (broad SMARTS) is 1. The van der Waals surface area contributed by atoms with Gasteiger partial charge in [-0.3, -0.25) is 10.1 Å². The fourth-order valence-corrected chi connectivity index (χ4v) is 4.97. The molecule has 0 unspecified atom stereocenters. The number of hydrogen-bond acceptors (Lipinski definition) is 3. The average molecular weight is 407 g/mol. The van der Waals surface area contributed by atoms with Gasteiger partial charge in [0.25, 0.3) is 0 Å². The minimum absolute atomic E-state index is 0.491. The van der Waals surface area contributed by atoms with E-state index in [0.717, 1.165) is 11.1 Å². The molecule has 4 N–H and O–H groups in total. The Labute approximate surface area is 169 Å². The highest BCUT2D eigenvalue weighted by Gasteiger charge is 2.63. The van der Waals surface area contributed by atoms with Gasteiger partial charge < -0.3 is 10.8 Å². The van der Waals surface area contributed by atoms with Crippen molar-refractivity contribution in [3.05, 3.63) is 69.7 Å². The van der Waals surface area contributed by atoms with Crippen LogP contribution in [-0.2, 0) is 10.3 Å². The Kier molecular flexibility index (Phi) is 5.55. The molecule has 1 fully saturated rings. The zero-order chi connectivity index (χ0) is 19.8. The first-order chi connectivity index (χ1) is 12.8. The van der Waals surface area contributed by atoms with Crippen molar-refractivity contribution in [1.82, 2.24) is 5.32 Å². The number of aliphatic carboxylic acids is 1. The predicted molar refractivity (Wildman–Crippen MR) is 109 cm³/mol. The van der Waals surface area contributed by atoms with Crippen molar-refractivity contribution in [3.63, 3.8) is 0 Å². The summed E-state index contributed by atoms with van der Waals surface area (Å²) >= 11 is 12.3. The summed E-state index contributed by atoms with van der Waals surface area (Å²) in [5.41, 5.74) is 7.30. The van der Waals surface area contributed by atoms with Gasteiger partial charge in [0.2, 0.25) is 0 Å². The Balaban J connectivity index is 2.29. The Morgan fingerprint density at radius 2 is 1.74 bits per heavy atom. The molecule has 1 saturated heterocycles. The minimum atomic E-state index is -0.950. The van der Waals surface area contributed by atoms with Crippen LogP contribution in [0.2, 0.25) is 10.0 Å². The van der Waals surface area contributed by atoms with E-state index in [1.807, 2.05) is 44.2 Å². The van der Waals surface area contributed by atoms with Crippen molar-refractivity contribution >= 4 is 29.2 Å². The van der Waals surface area contributed by atoms with E-state index < -0.39 is 29.0 Å². The van der Waals surface area contributed by atoms with Crippen LogP contribution in [0.3, 0.4) is 0 Å². The van der Waals surface area contributed by atoms with Gasteiger partial charge in [0.05, 0.1) is 5.54 Å².